The molecule has 0 N–H and O–H groups in total. The Morgan fingerprint density at radius 2 is 1.80 bits per heavy atom. The van der Waals surface area contributed by atoms with Gasteiger partial charge in [-0.2, -0.15) is 5.11 Å². The van der Waals surface area contributed by atoms with Crippen molar-refractivity contribution in [2.45, 2.75) is 6.92 Å². The molecule has 0 fully saturated rings. The summed E-state index contributed by atoms with van der Waals surface area (Å²) in [6, 6.07) is 11.5. The molecule has 0 aliphatic carbocycles. The fourth-order valence-electron chi connectivity index (χ4n) is 1.63. The van der Waals surface area contributed by atoms with Gasteiger partial charge in [-0.05, 0) is 36.8 Å². The van der Waals surface area contributed by atoms with Crippen molar-refractivity contribution in [2.24, 2.45) is 10.2 Å². The van der Waals surface area contributed by atoms with Crippen LogP contribution in [0.3, 0.4) is 0 Å². The van der Waals surface area contributed by atoms with E-state index >= 15 is 0 Å². The molecule has 0 atom stereocenters. The van der Waals surface area contributed by atoms with Gasteiger partial charge in [-0.1, -0.05) is 6.07 Å². The third-order valence-corrected chi connectivity index (χ3v) is 2.67. The number of azo groups is 1. The lowest BCUT2D eigenvalue weighted by atomic mass is 10.2. The third kappa shape index (κ3) is 3.17. The van der Waals surface area contributed by atoms with Gasteiger partial charge >= 0.3 is 0 Å². The predicted octanol–water partition coefficient (Wildman–Crippen LogP) is 4.33. The monoisotopic (exact) mass is 271 g/mol. The van der Waals surface area contributed by atoms with E-state index in [1.54, 1.807) is 19.2 Å². The van der Waals surface area contributed by atoms with Crippen LogP contribution in [0.5, 0.6) is 5.75 Å². The van der Waals surface area contributed by atoms with Crippen molar-refractivity contribution in [3.05, 3.63) is 58.1 Å². The molecule has 102 valence electrons. The van der Waals surface area contributed by atoms with Crippen LogP contribution in [0, 0.1) is 17.0 Å². The van der Waals surface area contributed by atoms with Gasteiger partial charge in [0.25, 0.3) is 5.69 Å². The molecule has 2 aromatic rings. The lowest BCUT2D eigenvalue weighted by Gasteiger charge is -2.03. The minimum atomic E-state index is -0.454. The van der Waals surface area contributed by atoms with Crippen LogP contribution in [0.1, 0.15) is 5.56 Å². The van der Waals surface area contributed by atoms with Gasteiger partial charge in [0.15, 0.2) is 0 Å². The van der Waals surface area contributed by atoms with E-state index in [0.29, 0.717) is 17.1 Å². The number of non-ortho nitro benzene ring substituents is 1. The summed E-state index contributed by atoms with van der Waals surface area (Å²) in [4.78, 5) is 10.1. The first-order valence-corrected chi connectivity index (χ1v) is 5.91. The summed E-state index contributed by atoms with van der Waals surface area (Å²) in [5.74, 6) is 0.626. The lowest BCUT2D eigenvalue weighted by molar-refractivity contribution is -0.384. The van der Waals surface area contributed by atoms with Gasteiger partial charge in [0.1, 0.15) is 11.4 Å². The van der Waals surface area contributed by atoms with Crippen molar-refractivity contribution in [2.75, 3.05) is 7.11 Å². The number of nitro benzene ring substituents is 1. The molecule has 0 bridgehead atoms. The normalized spacial score (nSPS) is 10.7. The maximum Gasteiger partial charge on any atom is 0.269 e. The first-order chi connectivity index (χ1) is 9.60. The Morgan fingerprint density at radius 1 is 1.10 bits per heavy atom. The van der Waals surface area contributed by atoms with Crippen LogP contribution in [0.15, 0.2) is 52.7 Å². The fourth-order valence-corrected chi connectivity index (χ4v) is 1.63. The number of benzene rings is 2. The Balaban J connectivity index is 2.24. The Bertz CT molecular complexity index is 651. The van der Waals surface area contributed by atoms with E-state index < -0.39 is 4.92 Å². The van der Waals surface area contributed by atoms with E-state index in [4.69, 9.17) is 4.74 Å². The quantitative estimate of drug-likeness (QED) is 0.471. The molecule has 0 saturated heterocycles. The van der Waals surface area contributed by atoms with Gasteiger partial charge in [0, 0.05) is 12.1 Å². The molecule has 6 heteroatoms. The average molecular weight is 271 g/mol. The standard InChI is InChI=1S/C14H13N3O3/c1-10-3-8-14(20-2)13(9-10)16-15-11-4-6-12(7-5-11)17(18)19/h3-9H,1-2H3. The van der Waals surface area contributed by atoms with Crippen LogP contribution in [0.2, 0.25) is 0 Å². The van der Waals surface area contributed by atoms with Gasteiger partial charge < -0.3 is 4.74 Å². The number of nitrogens with zero attached hydrogens (tertiary/aromatic N) is 3. The molecule has 0 aliphatic rings. The number of nitro groups is 1. The second kappa shape index (κ2) is 5.92. The van der Waals surface area contributed by atoms with Gasteiger partial charge in [-0.25, -0.2) is 0 Å². The summed E-state index contributed by atoms with van der Waals surface area (Å²) in [5.41, 5.74) is 2.23. The zero-order chi connectivity index (χ0) is 14.5. The molecule has 0 radical (unpaired) electrons. The molecule has 0 spiro atoms. The minimum Gasteiger partial charge on any atom is -0.494 e. The van der Waals surface area contributed by atoms with Crippen LogP contribution in [-0.2, 0) is 0 Å². The molecule has 2 aromatic carbocycles. The van der Waals surface area contributed by atoms with Crippen LogP contribution in [-0.4, -0.2) is 12.0 Å². The summed E-state index contributed by atoms with van der Waals surface area (Å²) in [7, 11) is 1.57. The van der Waals surface area contributed by atoms with Crippen LogP contribution < -0.4 is 4.74 Å². The molecule has 0 unspecified atom stereocenters. The number of ether oxygens (including phenoxy) is 1. The van der Waals surface area contributed by atoms with Crippen LogP contribution in [0.25, 0.3) is 0 Å². The highest BCUT2D eigenvalue weighted by Gasteiger charge is 2.04. The topological polar surface area (TPSA) is 77.1 Å². The fraction of sp³-hybridized carbons (Fsp3) is 0.143. The van der Waals surface area contributed by atoms with E-state index in [-0.39, 0.29) is 5.69 Å². The zero-order valence-electron chi connectivity index (χ0n) is 11.1. The molecular weight excluding hydrogens is 258 g/mol. The van der Waals surface area contributed by atoms with Gasteiger partial charge in [-0.15, -0.1) is 5.11 Å². The van der Waals surface area contributed by atoms with E-state index in [0.717, 1.165) is 5.56 Å². The van der Waals surface area contributed by atoms with Crippen LogP contribution >= 0.6 is 0 Å². The summed E-state index contributed by atoms with van der Waals surface area (Å²) < 4.78 is 5.20. The second-order valence-corrected chi connectivity index (χ2v) is 4.15. The number of hydrogen-bond acceptors (Lipinski definition) is 5. The molecule has 0 heterocycles. The van der Waals surface area contributed by atoms with Crippen molar-refractivity contribution in [3.63, 3.8) is 0 Å². The Hall–Kier alpha value is -2.76. The maximum atomic E-state index is 10.5. The molecule has 20 heavy (non-hydrogen) atoms. The Labute approximate surface area is 115 Å². The highest BCUT2D eigenvalue weighted by atomic mass is 16.6. The number of methoxy groups -OCH3 is 1. The molecule has 0 saturated carbocycles. The summed E-state index contributed by atoms with van der Waals surface area (Å²) >= 11 is 0. The number of aryl methyl sites for hydroxylation is 1. The van der Waals surface area contributed by atoms with Gasteiger partial charge in [0.2, 0.25) is 0 Å². The van der Waals surface area contributed by atoms with Crippen LogP contribution in [0.4, 0.5) is 17.1 Å². The maximum absolute atomic E-state index is 10.5. The van der Waals surface area contributed by atoms with Crippen molar-refractivity contribution in [1.29, 1.82) is 0 Å². The molecule has 2 rings (SSSR count). The number of hydrogen-bond donors (Lipinski definition) is 0. The molecule has 0 amide bonds. The highest BCUT2D eigenvalue weighted by molar-refractivity contribution is 5.53. The van der Waals surface area contributed by atoms with Crippen molar-refractivity contribution >= 4 is 17.1 Å². The Kier molecular flexibility index (Phi) is 4.05. The van der Waals surface area contributed by atoms with E-state index in [9.17, 15) is 10.1 Å². The van der Waals surface area contributed by atoms with Gasteiger partial charge in [0.05, 0.1) is 17.7 Å². The average Bonchev–Trinajstić information content (AvgIpc) is 2.45. The lowest BCUT2D eigenvalue weighted by Crippen LogP contribution is -1.85. The third-order valence-electron chi connectivity index (χ3n) is 2.67. The predicted molar refractivity (Wildman–Crippen MR) is 75.0 cm³/mol. The Morgan fingerprint density at radius 3 is 2.40 bits per heavy atom. The zero-order valence-corrected chi connectivity index (χ0v) is 11.1. The van der Waals surface area contributed by atoms with Crippen molar-refractivity contribution in [1.82, 2.24) is 0 Å². The molecule has 6 nitrogen and oxygen atoms in total. The minimum absolute atomic E-state index is 0.0251. The number of rotatable bonds is 4. The summed E-state index contributed by atoms with van der Waals surface area (Å²) in [6.45, 7) is 1.95. The molecule has 0 aromatic heterocycles. The molecule has 0 aliphatic heterocycles. The summed E-state index contributed by atoms with van der Waals surface area (Å²) in [5, 5.41) is 18.7. The van der Waals surface area contributed by atoms with Gasteiger partial charge in [-0.3, -0.25) is 10.1 Å². The van der Waals surface area contributed by atoms with Crippen molar-refractivity contribution in [3.8, 4) is 5.75 Å². The van der Waals surface area contributed by atoms with E-state index in [1.807, 2.05) is 25.1 Å². The highest BCUT2D eigenvalue weighted by Crippen LogP contribution is 2.30. The largest absolute Gasteiger partial charge is 0.494 e. The second-order valence-electron chi connectivity index (χ2n) is 4.15. The molecular formula is C14H13N3O3. The van der Waals surface area contributed by atoms with E-state index in [2.05, 4.69) is 10.2 Å². The van der Waals surface area contributed by atoms with Crippen molar-refractivity contribution < 1.29 is 9.66 Å². The smallest absolute Gasteiger partial charge is 0.269 e. The SMILES string of the molecule is COc1ccc(C)cc1N=Nc1ccc([N+](=O)[O-])cc1. The first-order valence-electron chi connectivity index (χ1n) is 5.91. The van der Waals surface area contributed by atoms with E-state index in [1.165, 1.54) is 12.1 Å². The summed E-state index contributed by atoms with van der Waals surface area (Å²) in [6.07, 6.45) is 0. The first kappa shape index (κ1) is 13.7.